The second-order valence-electron chi connectivity index (χ2n) is 11.0. The molecule has 3 aromatic rings. The number of piperazine rings is 1. The van der Waals surface area contributed by atoms with E-state index in [2.05, 4.69) is 15.2 Å². The Hall–Kier alpha value is -3.79. The van der Waals surface area contributed by atoms with E-state index in [1.165, 1.54) is 0 Å². The van der Waals surface area contributed by atoms with E-state index in [1.807, 2.05) is 66.9 Å². The monoisotopic (exact) mass is 556 g/mol. The Labute approximate surface area is 240 Å². The molecule has 4 atom stereocenters. The highest BCUT2D eigenvalue weighted by Gasteiger charge is 2.38. The van der Waals surface area contributed by atoms with Gasteiger partial charge in [0, 0.05) is 51.5 Å². The van der Waals surface area contributed by atoms with Crippen LogP contribution in [0.1, 0.15) is 35.2 Å². The second-order valence-corrected chi connectivity index (χ2v) is 11.0. The largest absolute Gasteiger partial charge is 0.493 e. The minimum Gasteiger partial charge on any atom is -0.493 e. The lowest BCUT2D eigenvalue weighted by Crippen LogP contribution is -2.61. The molecule has 41 heavy (non-hydrogen) atoms. The maximum absolute atomic E-state index is 14.1. The first kappa shape index (κ1) is 27.4. The summed E-state index contributed by atoms with van der Waals surface area (Å²) in [5.74, 6) is 0.0136. The lowest BCUT2D eigenvalue weighted by molar-refractivity contribution is -0.135. The lowest BCUT2D eigenvalue weighted by atomic mass is 9.98. The molecule has 2 fully saturated rings. The number of hydrogen-bond donors (Lipinski definition) is 2. The van der Waals surface area contributed by atoms with Gasteiger partial charge in [-0.1, -0.05) is 42.5 Å². The summed E-state index contributed by atoms with van der Waals surface area (Å²) in [6, 6.07) is 18.8. The topological polar surface area (TPSA) is 104 Å². The number of carbonyl (C=O) groups is 2. The average Bonchev–Trinajstić information content (AvgIpc) is 3.01. The fraction of sp³-hybridized carbons (Fsp3) is 0.406. The minimum atomic E-state index is -0.714. The molecular weight excluding hydrogens is 520 g/mol. The van der Waals surface area contributed by atoms with Crippen molar-refractivity contribution in [3.8, 4) is 16.9 Å². The summed E-state index contributed by atoms with van der Waals surface area (Å²) < 4.78 is 12.5. The van der Waals surface area contributed by atoms with E-state index in [0.29, 0.717) is 63.4 Å². The van der Waals surface area contributed by atoms with Crippen LogP contribution in [-0.2, 0) is 16.1 Å². The number of nitrogens with one attached hydrogen (secondary N) is 1. The normalized spacial score (nSPS) is 25.7. The summed E-state index contributed by atoms with van der Waals surface area (Å²) in [5.41, 5.74) is 3.47. The number of nitrogens with zero attached hydrogens (tertiary/aromatic N) is 3. The lowest BCUT2D eigenvalue weighted by Gasteiger charge is -2.41. The van der Waals surface area contributed by atoms with E-state index in [4.69, 9.17) is 9.47 Å². The van der Waals surface area contributed by atoms with E-state index >= 15 is 0 Å². The number of aromatic nitrogens is 1. The van der Waals surface area contributed by atoms with Crippen LogP contribution in [0.25, 0.3) is 11.1 Å². The molecule has 2 bridgehead atoms. The highest BCUT2D eigenvalue weighted by Crippen LogP contribution is 2.31. The van der Waals surface area contributed by atoms with Gasteiger partial charge >= 0.3 is 0 Å². The fourth-order valence-corrected chi connectivity index (χ4v) is 5.95. The third-order valence-electron chi connectivity index (χ3n) is 8.23. The predicted octanol–water partition coefficient (Wildman–Crippen LogP) is 2.88. The van der Waals surface area contributed by atoms with Gasteiger partial charge in [-0.25, -0.2) is 0 Å². The molecule has 0 unspecified atom stereocenters. The van der Waals surface area contributed by atoms with Gasteiger partial charge in [0.2, 0.25) is 5.91 Å². The highest BCUT2D eigenvalue weighted by molar-refractivity contribution is 6.00. The minimum absolute atomic E-state index is 0.0964. The summed E-state index contributed by atoms with van der Waals surface area (Å²) >= 11 is 0. The van der Waals surface area contributed by atoms with Crippen molar-refractivity contribution >= 4 is 11.8 Å². The highest BCUT2D eigenvalue weighted by atomic mass is 16.5. The van der Waals surface area contributed by atoms with Crippen molar-refractivity contribution in [2.45, 2.75) is 50.2 Å². The van der Waals surface area contributed by atoms with E-state index in [9.17, 15) is 14.7 Å². The first-order valence-corrected chi connectivity index (χ1v) is 14.4. The predicted molar refractivity (Wildman–Crippen MR) is 153 cm³/mol. The van der Waals surface area contributed by atoms with Crippen molar-refractivity contribution in [3.05, 3.63) is 84.2 Å². The van der Waals surface area contributed by atoms with Crippen molar-refractivity contribution in [1.82, 2.24) is 20.1 Å². The van der Waals surface area contributed by atoms with Crippen LogP contribution in [0.2, 0.25) is 0 Å². The number of rotatable bonds is 3. The number of ether oxygens (including phenoxy) is 2. The van der Waals surface area contributed by atoms with E-state index in [0.717, 1.165) is 16.7 Å². The number of fused-ring (bicyclic) bond motifs is 4. The molecule has 1 aromatic heterocycles. The van der Waals surface area contributed by atoms with Gasteiger partial charge in [-0.2, -0.15) is 0 Å². The van der Waals surface area contributed by atoms with Crippen LogP contribution in [0.5, 0.6) is 5.75 Å². The van der Waals surface area contributed by atoms with Crippen molar-refractivity contribution in [2.75, 3.05) is 32.8 Å². The molecule has 0 saturated carbocycles. The molecule has 4 heterocycles. The zero-order chi connectivity index (χ0) is 28.2. The van der Waals surface area contributed by atoms with Crippen molar-refractivity contribution in [1.29, 1.82) is 0 Å². The third kappa shape index (κ3) is 6.27. The van der Waals surface area contributed by atoms with Crippen LogP contribution < -0.4 is 10.1 Å². The van der Waals surface area contributed by atoms with Gasteiger partial charge < -0.3 is 24.8 Å². The van der Waals surface area contributed by atoms with Crippen LogP contribution in [0, 0.1) is 0 Å². The SMILES string of the molecule is O=C1NC[C@H]2O[C@H](CCOc3cc(-c4ccccc4)ccc3C(=O)N3CCN(Cc4cccnc4)C[C@@H]13)CC[C@@H]2O. The number of amides is 2. The average molecular weight is 557 g/mol. The van der Waals surface area contributed by atoms with Crippen LogP contribution >= 0.6 is 0 Å². The Balaban J connectivity index is 1.32. The van der Waals surface area contributed by atoms with Gasteiger partial charge in [-0.15, -0.1) is 0 Å². The smallest absolute Gasteiger partial charge is 0.258 e. The Morgan fingerprint density at radius 2 is 1.85 bits per heavy atom. The molecule has 9 heteroatoms. The molecule has 0 aliphatic carbocycles. The van der Waals surface area contributed by atoms with Crippen LogP contribution in [0.3, 0.4) is 0 Å². The molecule has 3 aliphatic heterocycles. The van der Waals surface area contributed by atoms with Crippen LogP contribution in [0.15, 0.2) is 73.1 Å². The van der Waals surface area contributed by atoms with Crippen LogP contribution in [0.4, 0.5) is 0 Å². The number of aliphatic hydroxyl groups excluding tert-OH is 1. The van der Waals surface area contributed by atoms with Gasteiger partial charge in [-0.05, 0) is 47.7 Å². The molecule has 6 rings (SSSR count). The fourth-order valence-electron chi connectivity index (χ4n) is 5.95. The van der Waals surface area contributed by atoms with Gasteiger partial charge in [0.15, 0.2) is 0 Å². The number of aliphatic hydroxyl groups is 1. The maximum Gasteiger partial charge on any atom is 0.258 e. The molecule has 3 aliphatic rings. The summed E-state index contributed by atoms with van der Waals surface area (Å²) in [6.45, 7) is 2.58. The molecule has 214 valence electrons. The first-order valence-electron chi connectivity index (χ1n) is 14.4. The molecule has 2 aromatic carbocycles. The molecule has 9 nitrogen and oxygen atoms in total. The molecule has 2 amide bonds. The zero-order valence-corrected chi connectivity index (χ0v) is 23.0. The molecule has 0 radical (unpaired) electrons. The van der Waals surface area contributed by atoms with E-state index in [1.54, 1.807) is 11.1 Å². The second kappa shape index (κ2) is 12.4. The number of pyridine rings is 1. The maximum atomic E-state index is 14.1. The quantitative estimate of drug-likeness (QED) is 0.511. The van der Waals surface area contributed by atoms with Gasteiger partial charge in [0.05, 0.1) is 24.4 Å². The molecule has 2 saturated heterocycles. The number of benzene rings is 2. The number of carbonyl (C=O) groups excluding carboxylic acids is 2. The summed E-state index contributed by atoms with van der Waals surface area (Å²) in [7, 11) is 0. The van der Waals surface area contributed by atoms with E-state index in [-0.39, 0.29) is 24.5 Å². The van der Waals surface area contributed by atoms with Gasteiger partial charge in [0.1, 0.15) is 17.9 Å². The Bertz CT molecular complexity index is 1350. The summed E-state index contributed by atoms with van der Waals surface area (Å²) in [5, 5.41) is 13.6. The number of hydrogen-bond acceptors (Lipinski definition) is 7. The van der Waals surface area contributed by atoms with Crippen molar-refractivity contribution in [3.63, 3.8) is 0 Å². The Kier molecular flexibility index (Phi) is 8.27. The van der Waals surface area contributed by atoms with Gasteiger partial charge in [0.25, 0.3) is 5.91 Å². The van der Waals surface area contributed by atoms with Crippen LogP contribution in [-0.4, -0.2) is 88.8 Å². The van der Waals surface area contributed by atoms with E-state index < -0.39 is 18.2 Å². The molecule has 2 N–H and O–H groups in total. The van der Waals surface area contributed by atoms with Crippen molar-refractivity contribution < 1.29 is 24.2 Å². The molecule has 0 spiro atoms. The summed E-state index contributed by atoms with van der Waals surface area (Å²) in [6.07, 6.45) is 4.24. The Morgan fingerprint density at radius 3 is 2.68 bits per heavy atom. The van der Waals surface area contributed by atoms with Gasteiger partial charge in [-0.3, -0.25) is 19.5 Å². The molecular formula is C32H36N4O5. The van der Waals surface area contributed by atoms with Crippen molar-refractivity contribution in [2.24, 2.45) is 0 Å². The summed E-state index contributed by atoms with van der Waals surface area (Å²) in [4.78, 5) is 35.8. The Morgan fingerprint density at radius 1 is 0.976 bits per heavy atom. The third-order valence-corrected chi connectivity index (χ3v) is 8.23. The zero-order valence-electron chi connectivity index (χ0n) is 23.0. The standard InChI is InChI=1S/C32H36N4O5/c37-28-11-9-25-12-16-40-29-17-24(23-6-2-1-3-7-23)8-10-26(29)32(39)36-15-14-35(20-22-5-4-13-33-18-22)21-27(36)31(38)34-19-30(28)41-25/h1-8,10,13,17-18,25,27-28,30,37H,9,11-12,14-16,19-21H2,(H,34,38)/t25-,27-,28-,30+/m0/s1. The first-order chi connectivity index (χ1) is 20.0.